The molecular formula is C10H18N+. The number of allylic oxidation sites excluding steroid dienone is 2. The smallest absolute Gasteiger partial charge is 0.107 e. The molecule has 1 fully saturated rings. The minimum absolute atomic E-state index is 0.931. The predicted octanol–water partition coefficient (Wildman–Crippen LogP) is 2.01. The third-order valence-electron chi connectivity index (χ3n) is 3.07. The monoisotopic (exact) mass is 152 g/mol. The van der Waals surface area contributed by atoms with Gasteiger partial charge in [-0.25, -0.2) is 0 Å². The second kappa shape index (κ2) is 2.10. The van der Waals surface area contributed by atoms with E-state index in [9.17, 15) is 0 Å². The summed E-state index contributed by atoms with van der Waals surface area (Å²) in [5.74, 6) is 1.87. The molecule has 0 saturated heterocycles. The van der Waals surface area contributed by atoms with Gasteiger partial charge in [-0.3, -0.25) is 0 Å². The third-order valence-corrected chi connectivity index (χ3v) is 3.07. The topological polar surface area (TPSA) is 0 Å². The lowest BCUT2D eigenvalue weighted by atomic mass is 10.0. The molecule has 2 aliphatic carbocycles. The van der Waals surface area contributed by atoms with Crippen LogP contribution in [0.4, 0.5) is 0 Å². The fraction of sp³-hybridized carbons (Fsp3) is 0.800. The number of fused-ring (bicyclic) bond motifs is 2. The van der Waals surface area contributed by atoms with E-state index >= 15 is 0 Å². The average Bonchev–Trinajstić information content (AvgIpc) is 2.42. The van der Waals surface area contributed by atoms with E-state index in [1.54, 1.807) is 5.70 Å². The Hall–Kier alpha value is -0.300. The number of hydrogen-bond donors (Lipinski definition) is 0. The van der Waals surface area contributed by atoms with Gasteiger partial charge in [0.05, 0.1) is 21.1 Å². The molecule has 0 aromatic carbocycles. The van der Waals surface area contributed by atoms with Gasteiger partial charge in [-0.15, -0.1) is 0 Å². The lowest BCUT2D eigenvalue weighted by Gasteiger charge is -2.29. The fourth-order valence-corrected chi connectivity index (χ4v) is 2.59. The van der Waals surface area contributed by atoms with Crippen LogP contribution in [0.15, 0.2) is 11.8 Å². The van der Waals surface area contributed by atoms with Crippen LogP contribution in [0.3, 0.4) is 0 Å². The molecule has 2 aliphatic rings. The summed E-state index contributed by atoms with van der Waals surface area (Å²) in [4.78, 5) is 0. The van der Waals surface area contributed by atoms with Crippen LogP contribution >= 0.6 is 0 Å². The third kappa shape index (κ3) is 1.12. The highest BCUT2D eigenvalue weighted by molar-refractivity contribution is 5.13. The van der Waals surface area contributed by atoms with Crippen LogP contribution in [-0.2, 0) is 0 Å². The number of nitrogens with zero attached hydrogens (tertiary/aromatic N) is 1. The average molecular weight is 152 g/mol. The van der Waals surface area contributed by atoms with Crippen molar-refractivity contribution in [2.45, 2.75) is 19.3 Å². The minimum atomic E-state index is 0.931. The molecule has 2 atom stereocenters. The molecule has 0 amide bonds. The van der Waals surface area contributed by atoms with E-state index in [0.29, 0.717) is 0 Å². The largest absolute Gasteiger partial charge is 0.302 e. The van der Waals surface area contributed by atoms with Gasteiger partial charge >= 0.3 is 0 Å². The van der Waals surface area contributed by atoms with Crippen LogP contribution in [0.2, 0.25) is 0 Å². The van der Waals surface area contributed by atoms with Crippen LogP contribution in [0, 0.1) is 11.8 Å². The second-order valence-electron chi connectivity index (χ2n) is 4.87. The lowest BCUT2D eigenvalue weighted by molar-refractivity contribution is -0.835. The SMILES string of the molecule is C[N+](C)(C)C1=CC2CCC1C2. The van der Waals surface area contributed by atoms with Crippen molar-refractivity contribution < 1.29 is 4.48 Å². The Bertz CT molecular complexity index is 197. The molecule has 0 N–H and O–H groups in total. The zero-order chi connectivity index (χ0) is 8.06. The molecule has 0 heterocycles. The van der Waals surface area contributed by atoms with Gasteiger partial charge in [0, 0.05) is 5.92 Å². The maximum Gasteiger partial charge on any atom is 0.107 e. The lowest BCUT2D eigenvalue weighted by Crippen LogP contribution is -2.35. The van der Waals surface area contributed by atoms with E-state index in [1.165, 1.54) is 19.3 Å². The normalized spacial score (nSPS) is 36.1. The molecule has 2 bridgehead atoms. The predicted molar refractivity (Wildman–Crippen MR) is 46.9 cm³/mol. The van der Waals surface area contributed by atoms with Crippen LogP contribution in [-0.4, -0.2) is 25.6 Å². The van der Waals surface area contributed by atoms with Gasteiger partial charge in [0.1, 0.15) is 5.70 Å². The molecule has 0 aliphatic heterocycles. The highest BCUT2D eigenvalue weighted by Gasteiger charge is 2.39. The van der Waals surface area contributed by atoms with Gasteiger partial charge in [-0.05, 0) is 31.3 Å². The van der Waals surface area contributed by atoms with E-state index in [0.717, 1.165) is 16.3 Å². The van der Waals surface area contributed by atoms with Gasteiger partial charge in [0.2, 0.25) is 0 Å². The zero-order valence-corrected chi connectivity index (χ0v) is 7.80. The number of quaternary nitrogens is 1. The molecule has 0 radical (unpaired) electrons. The molecule has 1 saturated carbocycles. The van der Waals surface area contributed by atoms with Gasteiger partial charge in [0.15, 0.2) is 0 Å². The Morgan fingerprint density at radius 1 is 1.27 bits per heavy atom. The van der Waals surface area contributed by atoms with Gasteiger partial charge < -0.3 is 4.48 Å². The van der Waals surface area contributed by atoms with E-state index in [2.05, 4.69) is 27.2 Å². The van der Waals surface area contributed by atoms with Crippen molar-refractivity contribution in [3.8, 4) is 0 Å². The highest BCUT2D eigenvalue weighted by atomic mass is 15.3. The first-order valence-electron chi connectivity index (χ1n) is 4.61. The molecule has 1 heteroatoms. The zero-order valence-electron chi connectivity index (χ0n) is 7.80. The van der Waals surface area contributed by atoms with Crippen molar-refractivity contribution in [2.24, 2.45) is 11.8 Å². The van der Waals surface area contributed by atoms with Crippen LogP contribution in [0.25, 0.3) is 0 Å². The van der Waals surface area contributed by atoms with E-state index in [1.807, 2.05) is 0 Å². The minimum Gasteiger partial charge on any atom is -0.302 e. The molecule has 11 heavy (non-hydrogen) atoms. The Kier molecular flexibility index (Phi) is 1.40. The van der Waals surface area contributed by atoms with Crippen molar-refractivity contribution in [1.29, 1.82) is 0 Å². The first-order valence-corrected chi connectivity index (χ1v) is 4.61. The Labute approximate surface area is 69.3 Å². The summed E-state index contributed by atoms with van der Waals surface area (Å²) in [6.07, 6.45) is 6.87. The van der Waals surface area contributed by atoms with Crippen molar-refractivity contribution in [3.63, 3.8) is 0 Å². The summed E-state index contributed by atoms with van der Waals surface area (Å²) in [5.41, 5.74) is 1.68. The maximum absolute atomic E-state index is 2.52. The molecule has 2 unspecified atom stereocenters. The molecule has 62 valence electrons. The number of rotatable bonds is 1. The van der Waals surface area contributed by atoms with Gasteiger partial charge in [0.25, 0.3) is 0 Å². The van der Waals surface area contributed by atoms with Gasteiger partial charge in [-0.2, -0.15) is 0 Å². The van der Waals surface area contributed by atoms with Crippen molar-refractivity contribution in [3.05, 3.63) is 11.8 Å². The molecular weight excluding hydrogens is 134 g/mol. The Morgan fingerprint density at radius 3 is 2.27 bits per heavy atom. The standard InChI is InChI=1S/C10H18N/c1-11(2,3)10-7-8-4-5-9(10)6-8/h7-9H,4-6H2,1-3H3/q+1. The van der Waals surface area contributed by atoms with Gasteiger partial charge in [-0.1, -0.05) is 0 Å². The quantitative estimate of drug-likeness (QED) is 0.504. The molecule has 0 spiro atoms. The van der Waals surface area contributed by atoms with E-state index in [4.69, 9.17) is 0 Å². The maximum atomic E-state index is 2.52. The second-order valence-corrected chi connectivity index (χ2v) is 4.87. The molecule has 2 rings (SSSR count). The summed E-state index contributed by atoms with van der Waals surface area (Å²) in [7, 11) is 6.85. The van der Waals surface area contributed by atoms with Crippen LogP contribution in [0.1, 0.15) is 19.3 Å². The number of hydrogen-bond acceptors (Lipinski definition) is 0. The Balaban J connectivity index is 2.23. The highest BCUT2D eigenvalue weighted by Crippen LogP contribution is 2.45. The fourth-order valence-electron chi connectivity index (χ4n) is 2.59. The van der Waals surface area contributed by atoms with Crippen molar-refractivity contribution in [2.75, 3.05) is 21.1 Å². The summed E-state index contributed by atoms with van der Waals surface area (Å²) in [6.45, 7) is 0. The molecule has 0 aromatic rings. The molecule has 0 aromatic heterocycles. The van der Waals surface area contributed by atoms with Crippen molar-refractivity contribution in [1.82, 2.24) is 0 Å². The summed E-state index contributed by atoms with van der Waals surface area (Å²) in [6, 6.07) is 0. The summed E-state index contributed by atoms with van der Waals surface area (Å²) >= 11 is 0. The first-order chi connectivity index (χ1) is 5.07. The Morgan fingerprint density at radius 2 is 2.00 bits per heavy atom. The molecule has 1 nitrogen and oxygen atoms in total. The van der Waals surface area contributed by atoms with E-state index < -0.39 is 0 Å². The summed E-state index contributed by atoms with van der Waals surface area (Å²) < 4.78 is 1.06. The van der Waals surface area contributed by atoms with Crippen molar-refractivity contribution >= 4 is 0 Å². The van der Waals surface area contributed by atoms with E-state index in [-0.39, 0.29) is 0 Å². The first kappa shape index (κ1) is 7.35. The van der Waals surface area contributed by atoms with Crippen LogP contribution in [0.5, 0.6) is 0 Å². The van der Waals surface area contributed by atoms with Crippen LogP contribution < -0.4 is 0 Å². The summed E-state index contributed by atoms with van der Waals surface area (Å²) in [5, 5.41) is 0.